The van der Waals surface area contributed by atoms with Gasteiger partial charge in [-0.2, -0.15) is 18.2 Å². The maximum absolute atomic E-state index is 13.0. The lowest BCUT2D eigenvalue weighted by atomic mass is 10.1. The minimum Gasteiger partial charge on any atom is -0.438 e. The zero-order valence-electron chi connectivity index (χ0n) is 12.5. The van der Waals surface area contributed by atoms with Crippen LogP contribution < -0.4 is 4.74 Å². The van der Waals surface area contributed by atoms with Gasteiger partial charge in [0.1, 0.15) is 5.75 Å². The fraction of sp³-hybridized carbons (Fsp3) is 0.118. The van der Waals surface area contributed by atoms with Gasteiger partial charge < -0.3 is 4.74 Å². The number of benzene rings is 2. The number of ether oxygens (including phenoxy) is 1. The second kappa shape index (κ2) is 5.92. The van der Waals surface area contributed by atoms with E-state index in [-0.39, 0.29) is 22.9 Å². The molecule has 0 amide bonds. The highest BCUT2D eigenvalue weighted by Crippen LogP contribution is 2.33. The number of hydrogen-bond donors (Lipinski definition) is 0. The Bertz CT molecular complexity index is 923. The Morgan fingerprint density at radius 1 is 1.04 bits per heavy atom. The van der Waals surface area contributed by atoms with E-state index in [4.69, 9.17) is 4.74 Å². The Kier molecular flexibility index (Phi) is 3.92. The van der Waals surface area contributed by atoms with Gasteiger partial charge in [-0.25, -0.2) is 4.98 Å². The molecule has 0 spiro atoms. The molecule has 0 unspecified atom stereocenters. The van der Waals surface area contributed by atoms with Crippen LogP contribution in [0.25, 0.3) is 10.9 Å². The molecule has 3 rings (SSSR count). The number of halogens is 3. The quantitative estimate of drug-likeness (QED) is 0.656. The van der Waals surface area contributed by atoms with Crippen LogP contribution in [0.3, 0.4) is 0 Å². The van der Waals surface area contributed by atoms with Gasteiger partial charge in [0.15, 0.2) is 5.78 Å². The first-order valence-corrected chi connectivity index (χ1v) is 6.97. The molecule has 0 N–H and O–H groups in total. The summed E-state index contributed by atoms with van der Waals surface area (Å²) in [7, 11) is 0. The fourth-order valence-electron chi connectivity index (χ4n) is 2.14. The Balaban J connectivity index is 2.11. The van der Waals surface area contributed by atoms with Crippen molar-refractivity contribution in [1.82, 2.24) is 9.97 Å². The molecule has 24 heavy (non-hydrogen) atoms. The van der Waals surface area contributed by atoms with Crippen molar-refractivity contribution in [3.63, 3.8) is 0 Å². The number of nitrogens with zero attached hydrogens (tertiary/aromatic N) is 2. The molecule has 0 aliphatic rings. The Morgan fingerprint density at radius 3 is 2.50 bits per heavy atom. The molecule has 0 atom stereocenters. The number of fused-ring (bicyclic) bond motifs is 1. The molecule has 122 valence electrons. The fourth-order valence-corrected chi connectivity index (χ4v) is 2.14. The number of aromatic nitrogens is 2. The Labute approximate surface area is 134 Å². The number of hydrogen-bond acceptors (Lipinski definition) is 4. The maximum Gasteiger partial charge on any atom is 0.451 e. The molecule has 1 heterocycles. The number of carbonyl (C=O) groups excluding carboxylic acids is 1. The van der Waals surface area contributed by atoms with E-state index in [1.807, 2.05) is 0 Å². The largest absolute Gasteiger partial charge is 0.451 e. The smallest absolute Gasteiger partial charge is 0.438 e. The van der Waals surface area contributed by atoms with Crippen molar-refractivity contribution in [3.8, 4) is 11.6 Å². The molecular weight excluding hydrogens is 321 g/mol. The highest BCUT2D eigenvalue weighted by atomic mass is 19.4. The van der Waals surface area contributed by atoms with Gasteiger partial charge in [-0.3, -0.25) is 4.79 Å². The molecule has 0 saturated heterocycles. The number of ketones is 1. The topological polar surface area (TPSA) is 52.1 Å². The van der Waals surface area contributed by atoms with Crippen molar-refractivity contribution >= 4 is 16.7 Å². The Morgan fingerprint density at radius 2 is 1.79 bits per heavy atom. The number of Topliss-reactive ketones (excluding diaryl/α,β-unsaturated/α-hetero) is 1. The molecule has 0 radical (unpaired) electrons. The van der Waals surface area contributed by atoms with E-state index in [1.165, 1.54) is 25.1 Å². The molecule has 0 aliphatic carbocycles. The summed E-state index contributed by atoms with van der Waals surface area (Å²) in [6, 6.07) is 12.4. The van der Waals surface area contributed by atoms with E-state index in [9.17, 15) is 18.0 Å². The van der Waals surface area contributed by atoms with Crippen molar-refractivity contribution in [2.75, 3.05) is 0 Å². The summed E-state index contributed by atoms with van der Waals surface area (Å²) in [5.74, 6) is -1.45. The summed E-state index contributed by atoms with van der Waals surface area (Å²) in [6.45, 7) is 1.39. The zero-order valence-corrected chi connectivity index (χ0v) is 12.5. The van der Waals surface area contributed by atoms with Gasteiger partial charge in [0.05, 0.1) is 10.9 Å². The zero-order chi connectivity index (χ0) is 17.3. The van der Waals surface area contributed by atoms with E-state index in [0.717, 1.165) is 0 Å². The number of carbonyl (C=O) groups is 1. The van der Waals surface area contributed by atoms with Crippen molar-refractivity contribution in [2.24, 2.45) is 0 Å². The lowest BCUT2D eigenvalue weighted by Crippen LogP contribution is -2.11. The second-order valence-corrected chi connectivity index (χ2v) is 5.05. The standard InChI is InChI=1S/C17H11F3N2O2/c1-10(23)11-5-4-6-12(9-11)24-15-13-7-2-3-8-14(13)21-16(22-15)17(18,19)20/h2-9H,1H3. The third-order valence-corrected chi connectivity index (χ3v) is 3.28. The molecule has 7 heteroatoms. The molecule has 1 aromatic heterocycles. The summed E-state index contributed by atoms with van der Waals surface area (Å²) >= 11 is 0. The molecular formula is C17H11F3N2O2. The van der Waals surface area contributed by atoms with Crippen LogP contribution in [0.1, 0.15) is 23.1 Å². The summed E-state index contributed by atoms with van der Waals surface area (Å²) < 4.78 is 44.5. The monoisotopic (exact) mass is 332 g/mol. The number of para-hydroxylation sites is 1. The first-order valence-electron chi connectivity index (χ1n) is 6.97. The number of alkyl halides is 3. The van der Waals surface area contributed by atoms with E-state index in [2.05, 4.69) is 9.97 Å². The van der Waals surface area contributed by atoms with Crippen LogP contribution in [0.5, 0.6) is 11.6 Å². The molecule has 0 fully saturated rings. The van der Waals surface area contributed by atoms with Gasteiger partial charge in [0.2, 0.25) is 11.7 Å². The third-order valence-electron chi connectivity index (χ3n) is 3.28. The van der Waals surface area contributed by atoms with Gasteiger partial charge in [0.25, 0.3) is 0 Å². The van der Waals surface area contributed by atoms with Crippen molar-refractivity contribution in [1.29, 1.82) is 0 Å². The normalized spacial score (nSPS) is 11.5. The van der Waals surface area contributed by atoms with E-state index in [0.29, 0.717) is 10.9 Å². The molecule has 2 aromatic carbocycles. The van der Waals surface area contributed by atoms with Gasteiger partial charge in [-0.05, 0) is 31.2 Å². The Hall–Kier alpha value is -2.96. The van der Waals surface area contributed by atoms with Crippen molar-refractivity contribution in [3.05, 3.63) is 59.9 Å². The lowest BCUT2D eigenvalue weighted by molar-refractivity contribution is -0.144. The predicted molar refractivity (Wildman–Crippen MR) is 81.1 cm³/mol. The summed E-state index contributed by atoms with van der Waals surface area (Å²) in [4.78, 5) is 18.4. The third kappa shape index (κ3) is 3.19. The van der Waals surface area contributed by atoms with Crippen molar-refractivity contribution in [2.45, 2.75) is 13.1 Å². The van der Waals surface area contributed by atoms with Crippen LogP contribution in [-0.4, -0.2) is 15.8 Å². The molecule has 3 aromatic rings. The summed E-state index contributed by atoms with van der Waals surface area (Å²) in [6.07, 6.45) is -4.69. The summed E-state index contributed by atoms with van der Waals surface area (Å²) in [5.41, 5.74) is 0.513. The first-order chi connectivity index (χ1) is 11.3. The van der Waals surface area contributed by atoms with E-state index in [1.54, 1.807) is 30.3 Å². The molecule has 4 nitrogen and oxygen atoms in total. The SMILES string of the molecule is CC(=O)c1cccc(Oc2nc(C(F)(F)F)nc3ccccc23)c1. The lowest BCUT2D eigenvalue weighted by Gasteiger charge is -2.11. The average molecular weight is 332 g/mol. The predicted octanol–water partition coefficient (Wildman–Crippen LogP) is 4.64. The highest BCUT2D eigenvalue weighted by molar-refractivity contribution is 5.94. The molecule has 0 bridgehead atoms. The first kappa shape index (κ1) is 15.9. The van der Waals surface area contributed by atoms with Crippen LogP contribution >= 0.6 is 0 Å². The molecule has 0 aliphatic heterocycles. The van der Waals surface area contributed by atoms with Crippen LogP contribution in [0.2, 0.25) is 0 Å². The van der Waals surface area contributed by atoms with Gasteiger partial charge >= 0.3 is 6.18 Å². The average Bonchev–Trinajstić information content (AvgIpc) is 2.54. The van der Waals surface area contributed by atoms with Crippen LogP contribution in [-0.2, 0) is 6.18 Å². The van der Waals surface area contributed by atoms with Gasteiger partial charge in [0, 0.05) is 5.56 Å². The van der Waals surface area contributed by atoms with Gasteiger partial charge in [-0.1, -0.05) is 24.3 Å². The maximum atomic E-state index is 13.0. The van der Waals surface area contributed by atoms with Crippen LogP contribution in [0.15, 0.2) is 48.5 Å². The van der Waals surface area contributed by atoms with Crippen molar-refractivity contribution < 1.29 is 22.7 Å². The van der Waals surface area contributed by atoms with E-state index < -0.39 is 12.0 Å². The summed E-state index contributed by atoms with van der Waals surface area (Å²) in [5, 5.41) is 0.346. The number of rotatable bonds is 3. The van der Waals surface area contributed by atoms with E-state index >= 15 is 0 Å². The highest BCUT2D eigenvalue weighted by Gasteiger charge is 2.35. The molecule has 0 saturated carbocycles. The van der Waals surface area contributed by atoms with Crippen LogP contribution in [0, 0.1) is 0 Å². The van der Waals surface area contributed by atoms with Crippen LogP contribution in [0.4, 0.5) is 13.2 Å². The minimum atomic E-state index is -4.69. The minimum absolute atomic E-state index is 0.123. The second-order valence-electron chi connectivity index (χ2n) is 5.05. The van der Waals surface area contributed by atoms with Gasteiger partial charge in [-0.15, -0.1) is 0 Å².